The number of hydrogen-bond acceptors (Lipinski definition) is 3. The van der Waals surface area contributed by atoms with Crippen molar-refractivity contribution >= 4 is 6.29 Å². The van der Waals surface area contributed by atoms with Crippen LogP contribution in [0.2, 0.25) is 0 Å². The standard InChI is InChI=1S/C9H10O3/c1-6-8(11)3-7(5-10)4-9(6)12-2/h3-5,11H,1-2H3. The number of aldehydes is 1. The summed E-state index contributed by atoms with van der Waals surface area (Å²) in [4.78, 5) is 10.4. The van der Waals surface area contributed by atoms with Crippen molar-refractivity contribution < 1.29 is 14.6 Å². The molecule has 1 rings (SSSR count). The first-order chi connectivity index (χ1) is 5.69. The van der Waals surface area contributed by atoms with Crippen LogP contribution in [-0.4, -0.2) is 18.5 Å². The topological polar surface area (TPSA) is 46.5 Å². The Morgan fingerprint density at radius 2 is 2.17 bits per heavy atom. The maximum Gasteiger partial charge on any atom is 0.150 e. The number of methoxy groups -OCH3 is 1. The van der Waals surface area contributed by atoms with E-state index in [4.69, 9.17) is 4.74 Å². The fraction of sp³-hybridized carbons (Fsp3) is 0.222. The molecule has 0 aromatic heterocycles. The second-order valence-electron chi connectivity index (χ2n) is 2.49. The van der Waals surface area contributed by atoms with Gasteiger partial charge in [0.25, 0.3) is 0 Å². The normalized spacial score (nSPS) is 9.50. The molecular weight excluding hydrogens is 156 g/mol. The van der Waals surface area contributed by atoms with Crippen molar-refractivity contribution in [2.45, 2.75) is 6.92 Å². The van der Waals surface area contributed by atoms with Crippen LogP contribution in [0.3, 0.4) is 0 Å². The van der Waals surface area contributed by atoms with Crippen LogP contribution in [0.15, 0.2) is 12.1 Å². The molecule has 12 heavy (non-hydrogen) atoms. The van der Waals surface area contributed by atoms with E-state index >= 15 is 0 Å². The molecular formula is C9H10O3. The second-order valence-corrected chi connectivity index (χ2v) is 2.49. The lowest BCUT2D eigenvalue weighted by Gasteiger charge is -2.06. The summed E-state index contributed by atoms with van der Waals surface area (Å²) < 4.78 is 4.95. The van der Waals surface area contributed by atoms with Crippen LogP contribution < -0.4 is 4.74 Å². The summed E-state index contributed by atoms with van der Waals surface area (Å²) in [5.41, 5.74) is 1.05. The van der Waals surface area contributed by atoms with E-state index in [-0.39, 0.29) is 5.75 Å². The highest BCUT2D eigenvalue weighted by molar-refractivity contribution is 5.77. The monoisotopic (exact) mass is 166 g/mol. The average molecular weight is 166 g/mol. The van der Waals surface area contributed by atoms with Crippen LogP contribution >= 0.6 is 0 Å². The SMILES string of the molecule is COc1cc(C=O)cc(O)c1C. The maximum absolute atomic E-state index is 10.4. The Balaban J connectivity index is 3.28. The first-order valence-corrected chi connectivity index (χ1v) is 3.52. The molecule has 3 nitrogen and oxygen atoms in total. The van der Waals surface area contributed by atoms with Gasteiger partial charge in [-0.1, -0.05) is 0 Å². The zero-order valence-electron chi connectivity index (χ0n) is 7.00. The molecule has 0 saturated carbocycles. The number of phenols is 1. The summed E-state index contributed by atoms with van der Waals surface area (Å²) in [6.45, 7) is 1.72. The Morgan fingerprint density at radius 1 is 1.50 bits per heavy atom. The van der Waals surface area contributed by atoms with E-state index in [0.717, 1.165) is 0 Å². The first kappa shape index (κ1) is 8.59. The molecule has 3 heteroatoms. The molecule has 0 spiro atoms. The minimum Gasteiger partial charge on any atom is -0.508 e. The molecule has 0 radical (unpaired) electrons. The minimum atomic E-state index is 0.0800. The Hall–Kier alpha value is -1.51. The van der Waals surface area contributed by atoms with Crippen LogP contribution in [0.5, 0.6) is 11.5 Å². The van der Waals surface area contributed by atoms with Gasteiger partial charge in [0.2, 0.25) is 0 Å². The molecule has 0 unspecified atom stereocenters. The van der Waals surface area contributed by atoms with Gasteiger partial charge in [-0.25, -0.2) is 0 Å². The van der Waals surface area contributed by atoms with E-state index in [2.05, 4.69) is 0 Å². The van der Waals surface area contributed by atoms with E-state index in [1.54, 1.807) is 13.0 Å². The predicted octanol–water partition coefficient (Wildman–Crippen LogP) is 1.52. The van der Waals surface area contributed by atoms with Gasteiger partial charge in [0.05, 0.1) is 7.11 Å². The predicted molar refractivity (Wildman–Crippen MR) is 44.8 cm³/mol. The second kappa shape index (κ2) is 3.26. The van der Waals surface area contributed by atoms with Gasteiger partial charge in [-0.2, -0.15) is 0 Å². The fourth-order valence-electron chi connectivity index (χ4n) is 0.974. The van der Waals surface area contributed by atoms with E-state index in [9.17, 15) is 9.90 Å². The summed E-state index contributed by atoms with van der Waals surface area (Å²) in [6.07, 6.45) is 0.668. The summed E-state index contributed by atoms with van der Waals surface area (Å²) in [6, 6.07) is 2.99. The molecule has 0 aliphatic heterocycles. The lowest BCUT2D eigenvalue weighted by atomic mass is 10.1. The smallest absolute Gasteiger partial charge is 0.150 e. The number of carbonyl (C=O) groups excluding carboxylic acids is 1. The quantitative estimate of drug-likeness (QED) is 0.677. The van der Waals surface area contributed by atoms with Crippen molar-refractivity contribution in [3.63, 3.8) is 0 Å². The van der Waals surface area contributed by atoms with E-state index < -0.39 is 0 Å². The van der Waals surface area contributed by atoms with Crippen molar-refractivity contribution in [3.05, 3.63) is 23.3 Å². The number of hydrogen-bond donors (Lipinski definition) is 1. The molecule has 0 bridgehead atoms. The lowest BCUT2D eigenvalue weighted by Crippen LogP contribution is -1.90. The molecule has 0 atom stereocenters. The Labute approximate surface area is 70.6 Å². The van der Waals surface area contributed by atoms with Crippen molar-refractivity contribution in [1.82, 2.24) is 0 Å². The van der Waals surface area contributed by atoms with Crippen LogP contribution in [0.1, 0.15) is 15.9 Å². The molecule has 1 N–H and O–H groups in total. The number of aromatic hydroxyl groups is 1. The molecule has 1 aromatic rings. The maximum atomic E-state index is 10.4. The summed E-state index contributed by atoms with van der Waals surface area (Å²) in [7, 11) is 1.50. The van der Waals surface area contributed by atoms with Gasteiger partial charge in [0.1, 0.15) is 17.8 Å². The molecule has 0 aliphatic rings. The number of ether oxygens (including phenoxy) is 1. The van der Waals surface area contributed by atoms with Gasteiger partial charge in [0, 0.05) is 11.1 Å². The molecule has 1 aromatic carbocycles. The summed E-state index contributed by atoms with van der Waals surface area (Å²) in [5.74, 6) is 0.605. The van der Waals surface area contributed by atoms with Gasteiger partial charge >= 0.3 is 0 Å². The summed E-state index contributed by atoms with van der Waals surface area (Å²) in [5, 5.41) is 9.30. The Morgan fingerprint density at radius 3 is 2.67 bits per heavy atom. The van der Waals surface area contributed by atoms with Crippen molar-refractivity contribution in [1.29, 1.82) is 0 Å². The number of phenolic OH excluding ortho intramolecular Hbond substituents is 1. The lowest BCUT2D eigenvalue weighted by molar-refractivity contribution is 0.112. The zero-order chi connectivity index (χ0) is 9.14. The van der Waals surface area contributed by atoms with Crippen molar-refractivity contribution in [2.24, 2.45) is 0 Å². The van der Waals surface area contributed by atoms with E-state index in [1.807, 2.05) is 0 Å². The van der Waals surface area contributed by atoms with Gasteiger partial charge in [-0.05, 0) is 19.1 Å². The number of carbonyl (C=O) groups is 1. The highest BCUT2D eigenvalue weighted by Crippen LogP contribution is 2.27. The van der Waals surface area contributed by atoms with Gasteiger partial charge in [0.15, 0.2) is 0 Å². The Bertz CT molecular complexity index is 305. The van der Waals surface area contributed by atoms with E-state index in [1.165, 1.54) is 13.2 Å². The van der Waals surface area contributed by atoms with Gasteiger partial charge in [-0.3, -0.25) is 4.79 Å². The molecule has 0 heterocycles. The third kappa shape index (κ3) is 1.39. The highest BCUT2D eigenvalue weighted by Gasteiger charge is 2.05. The van der Waals surface area contributed by atoms with Gasteiger partial charge in [-0.15, -0.1) is 0 Å². The third-order valence-electron chi connectivity index (χ3n) is 1.71. The summed E-state index contributed by atoms with van der Waals surface area (Å²) >= 11 is 0. The highest BCUT2D eigenvalue weighted by atomic mass is 16.5. The molecule has 0 fully saturated rings. The minimum absolute atomic E-state index is 0.0800. The van der Waals surface area contributed by atoms with Crippen molar-refractivity contribution in [3.8, 4) is 11.5 Å². The largest absolute Gasteiger partial charge is 0.508 e. The third-order valence-corrected chi connectivity index (χ3v) is 1.71. The molecule has 0 saturated heterocycles. The number of rotatable bonds is 2. The molecule has 0 aliphatic carbocycles. The average Bonchev–Trinajstić information content (AvgIpc) is 2.09. The van der Waals surface area contributed by atoms with Crippen LogP contribution in [-0.2, 0) is 0 Å². The fourth-order valence-corrected chi connectivity index (χ4v) is 0.974. The zero-order valence-corrected chi connectivity index (χ0v) is 7.00. The first-order valence-electron chi connectivity index (χ1n) is 3.52. The van der Waals surface area contributed by atoms with Gasteiger partial charge < -0.3 is 9.84 Å². The van der Waals surface area contributed by atoms with Crippen LogP contribution in [0, 0.1) is 6.92 Å². The Kier molecular flexibility index (Phi) is 2.33. The van der Waals surface area contributed by atoms with E-state index in [0.29, 0.717) is 23.2 Å². The van der Waals surface area contributed by atoms with Crippen LogP contribution in [0.4, 0.5) is 0 Å². The molecule has 64 valence electrons. The van der Waals surface area contributed by atoms with Crippen LogP contribution in [0.25, 0.3) is 0 Å². The van der Waals surface area contributed by atoms with Crippen molar-refractivity contribution in [2.75, 3.05) is 7.11 Å². The number of benzene rings is 1. The molecule has 0 amide bonds.